The Morgan fingerprint density at radius 1 is 1.22 bits per heavy atom. The number of hydrogen-bond acceptors (Lipinski definition) is 5. The molecule has 7 heteroatoms. The van der Waals surface area contributed by atoms with E-state index in [0.29, 0.717) is 5.56 Å². The third-order valence-corrected chi connectivity index (χ3v) is 4.22. The van der Waals surface area contributed by atoms with Gasteiger partial charge in [-0.3, -0.25) is 4.79 Å². The summed E-state index contributed by atoms with van der Waals surface area (Å²) < 4.78 is 2.07. The maximum Gasteiger partial charge on any atom is 0.244 e. The molecule has 1 aromatic carbocycles. The van der Waals surface area contributed by atoms with Gasteiger partial charge in [-0.25, -0.2) is 15.0 Å². The first-order valence-electron chi connectivity index (χ1n) is 8.70. The number of amides is 1. The van der Waals surface area contributed by atoms with Crippen LogP contribution in [0.3, 0.4) is 0 Å². The van der Waals surface area contributed by atoms with Crippen LogP contribution >= 0.6 is 0 Å². The third-order valence-electron chi connectivity index (χ3n) is 4.22. The summed E-state index contributed by atoms with van der Waals surface area (Å²) in [6.45, 7) is 2.73. The molecule has 1 amide bonds. The fraction of sp³-hybridized carbons (Fsp3) is 0.200. The third kappa shape index (κ3) is 5.24. The molecule has 2 heterocycles. The Labute approximate surface area is 158 Å². The molecule has 0 spiro atoms. The number of aryl methyl sites for hydroxylation is 2. The molecule has 3 N–H and O–H groups in total. The summed E-state index contributed by atoms with van der Waals surface area (Å²) in [4.78, 5) is 24.5. The topological polar surface area (TPSA) is 98.7 Å². The van der Waals surface area contributed by atoms with Crippen molar-refractivity contribution in [2.24, 2.45) is 0 Å². The molecule has 27 heavy (non-hydrogen) atoms. The maximum atomic E-state index is 12.4. The second kappa shape index (κ2) is 8.75. The first kappa shape index (κ1) is 18.3. The maximum absolute atomic E-state index is 12.4. The van der Waals surface area contributed by atoms with Crippen LogP contribution in [0.1, 0.15) is 29.4 Å². The van der Waals surface area contributed by atoms with Crippen LogP contribution < -0.4 is 11.1 Å². The highest BCUT2D eigenvalue weighted by atomic mass is 16.1. The molecule has 0 bridgehead atoms. The van der Waals surface area contributed by atoms with Gasteiger partial charge >= 0.3 is 0 Å². The van der Waals surface area contributed by atoms with Gasteiger partial charge in [0.2, 0.25) is 11.9 Å². The highest BCUT2D eigenvalue weighted by Gasteiger charge is 2.13. The lowest BCUT2D eigenvalue weighted by Crippen LogP contribution is -2.28. The van der Waals surface area contributed by atoms with Crippen molar-refractivity contribution in [3.05, 3.63) is 78.1 Å². The van der Waals surface area contributed by atoms with Crippen LogP contribution in [0.15, 0.2) is 61.2 Å². The minimum Gasteiger partial charge on any atom is -0.368 e. The number of anilines is 1. The number of nitrogen functional groups attached to an aromatic ring is 1. The summed E-state index contributed by atoms with van der Waals surface area (Å²) in [6, 6.07) is 9.83. The quantitative estimate of drug-likeness (QED) is 0.629. The molecule has 0 saturated carbocycles. The van der Waals surface area contributed by atoms with Gasteiger partial charge in [0, 0.05) is 43.0 Å². The van der Waals surface area contributed by atoms with Gasteiger partial charge in [-0.1, -0.05) is 30.3 Å². The number of carbonyl (C=O) groups is 1. The number of rotatable bonds is 7. The zero-order chi connectivity index (χ0) is 19.1. The van der Waals surface area contributed by atoms with Crippen molar-refractivity contribution < 1.29 is 4.79 Å². The molecule has 1 atom stereocenters. The lowest BCUT2D eigenvalue weighted by Gasteiger charge is -2.19. The van der Waals surface area contributed by atoms with Crippen LogP contribution in [-0.2, 0) is 11.3 Å². The van der Waals surface area contributed by atoms with E-state index in [4.69, 9.17) is 5.73 Å². The number of imidazole rings is 1. The molecule has 3 rings (SSSR count). The van der Waals surface area contributed by atoms with Crippen molar-refractivity contribution in [3.63, 3.8) is 0 Å². The Kier molecular flexibility index (Phi) is 5.94. The first-order chi connectivity index (χ1) is 13.1. The summed E-state index contributed by atoms with van der Waals surface area (Å²) >= 11 is 0. The Morgan fingerprint density at radius 2 is 1.96 bits per heavy atom. The fourth-order valence-electron chi connectivity index (χ4n) is 2.74. The van der Waals surface area contributed by atoms with Crippen LogP contribution in [0, 0.1) is 6.92 Å². The van der Waals surface area contributed by atoms with Gasteiger partial charge in [-0.15, -0.1) is 0 Å². The molecule has 0 radical (unpaired) electrons. The van der Waals surface area contributed by atoms with Gasteiger partial charge in [-0.05, 0) is 25.0 Å². The van der Waals surface area contributed by atoms with E-state index < -0.39 is 0 Å². The normalized spacial score (nSPS) is 12.2. The average molecular weight is 362 g/mol. The van der Waals surface area contributed by atoms with E-state index in [9.17, 15) is 4.79 Å². The Morgan fingerprint density at radius 3 is 2.63 bits per heavy atom. The number of carbonyl (C=O) groups excluding carboxylic acids is 1. The monoisotopic (exact) mass is 362 g/mol. The van der Waals surface area contributed by atoms with Crippen LogP contribution in [0.5, 0.6) is 0 Å². The SMILES string of the molecule is Cc1nccn1CCC(NC(=O)/C=C/c1cnc(N)nc1)c1ccccc1. The predicted octanol–water partition coefficient (Wildman–Crippen LogP) is 2.52. The van der Waals surface area contributed by atoms with Crippen molar-refractivity contribution in [2.45, 2.75) is 25.9 Å². The lowest BCUT2D eigenvalue weighted by molar-refractivity contribution is -0.117. The zero-order valence-electron chi connectivity index (χ0n) is 15.1. The second-order valence-corrected chi connectivity index (χ2v) is 6.14. The standard InChI is InChI=1S/C20H22N6O/c1-15-22-10-12-26(15)11-9-18(17-5-3-2-4-6-17)25-19(27)8-7-16-13-23-20(21)24-14-16/h2-8,10,12-14,18H,9,11H2,1H3,(H,25,27)(H2,21,23,24)/b8-7+. The molecule has 7 nitrogen and oxygen atoms in total. The van der Waals surface area contributed by atoms with E-state index in [-0.39, 0.29) is 17.9 Å². The van der Waals surface area contributed by atoms with E-state index in [0.717, 1.165) is 24.4 Å². The van der Waals surface area contributed by atoms with Crippen molar-refractivity contribution in [3.8, 4) is 0 Å². The largest absolute Gasteiger partial charge is 0.368 e. The molecule has 0 fully saturated rings. The van der Waals surface area contributed by atoms with Crippen molar-refractivity contribution in [1.82, 2.24) is 24.8 Å². The highest BCUT2D eigenvalue weighted by Crippen LogP contribution is 2.18. The average Bonchev–Trinajstić information content (AvgIpc) is 3.10. The Balaban J connectivity index is 1.67. The molecular weight excluding hydrogens is 340 g/mol. The van der Waals surface area contributed by atoms with Crippen LogP contribution in [0.4, 0.5) is 5.95 Å². The van der Waals surface area contributed by atoms with Gasteiger partial charge in [0.1, 0.15) is 5.82 Å². The Hall–Kier alpha value is -3.48. The smallest absolute Gasteiger partial charge is 0.244 e. The fourth-order valence-corrected chi connectivity index (χ4v) is 2.74. The van der Waals surface area contributed by atoms with E-state index in [1.807, 2.05) is 43.5 Å². The summed E-state index contributed by atoms with van der Waals surface area (Å²) in [7, 11) is 0. The number of benzene rings is 1. The van der Waals surface area contributed by atoms with Gasteiger partial charge < -0.3 is 15.6 Å². The number of nitrogens with two attached hydrogens (primary N) is 1. The first-order valence-corrected chi connectivity index (χ1v) is 8.70. The van der Waals surface area contributed by atoms with E-state index in [1.165, 1.54) is 6.08 Å². The van der Waals surface area contributed by atoms with Crippen molar-refractivity contribution in [1.29, 1.82) is 0 Å². The van der Waals surface area contributed by atoms with Gasteiger partial charge in [0.05, 0.1) is 6.04 Å². The summed E-state index contributed by atoms with van der Waals surface area (Å²) in [5.41, 5.74) is 7.24. The minimum atomic E-state index is -0.178. The van der Waals surface area contributed by atoms with Crippen molar-refractivity contribution in [2.75, 3.05) is 5.73 Å². The highest BCUT2D eigenvalue weighted by molar-refractivity contribution is 5.91. The van der Waals surface area contributed by atoms with Gasteiger partial charge in [0.25, 0.3) is 0 Å². The molecule has 3 aromatic rings. The Bertz CT molecular complexity index is 902. The lowest BCUT2D eigenvalue weighted by atomic mass is 10.0. The molecule has 0 saturated heterocycles. The number of aromatic nitrogens is 4. The summed E-state index contributed by atoms with van der Waals surface area (Å²) in [5, 5.41) is 3.07. The van der Waals surface area contributed by atoms with E-state index >= 15 is 0 Å². The molecule has 0 aliphatic carbocycles. The van der Waals surface area contributed by atoms with E-state index in [2.05, 4.69) is 24.8 Å². The van der Waals surface area contributed by atoms with Gasteiger partial charge in [0.15, 0.2) is 0 Å². The molecule has 1 unspecified atom stereocenters. The van der Waals surface area contributed by atoms with Crippen LogP contribution in [0.25, 0.3) is 6.08 Å². The molecule has 0 aliphatic rings. The summed E-state index contributed by atoms with van der Waals surface area (Å²) in [5.74, 6) is 0.981. The second-order valence-electron chi connectivity index (χ2n) is 6.14. The van der Waals surface area contributed by atoms with Crippen molar-refractivity contribution >= 4 is 17.9 Å². The van der Waals surface area contributed by atoms with Crippen LogP contribution in [0.2, 0.25) is 0 Å². The van der Waals surface area contributed by atoms with Gasteiger partial charge in [-0.2, -0.15) is 0 Å². The molecule has 2 aromatic heterocycles. The molecule has 0 aliphatic heterocycles. The number of hydrogen-bond donors (Lipinski definition) is 2. The molecule has 138 valence electrons. The van der Waals surface area contributed by atoms with Crippen LogP contribution in [-0.4, -0.2) is 25.4 Å². The number of nitrogens with zero attached hydrogens (tertiary/aromatic N) is 4. The zero-order valence-corrected chi connectivity index (χ0v) is 15.1. The number of nitrogens with one attached hydrogen (secondary N) is 1. The molecular formula is C20H22N6O. The predicted molar refractivity (Wildman–Crippen MR) is 104 cm³/mol. The minimum absolute atomic E-state index is 0.104. The van der Waals surface area contributed by atoms with E-state index in [1.54, 1.807) is 24.7 Å². The summed E-state index contributed by atoms with van der Waals surface area (Å²) in [6.07, 6.45) is 10.8.